The van der Waals surface area contributed by atoms with Crippen LogP contribution in [0.2, 0.25) is 20.1 Å². The van der Waals surface area contributed by atoms with E-state index in [0.717, 1.165) is 12.1 Å². The lowest BCUT2D eigenvalue weighted by molar-refractivity contribution is 0.455. The molecule has 3 aromatic carbocycles. The van der Waals surface area contributed by atoms with Gasteiger partial charge in [0.15, 0.2) is 4.75 Å². The van der Waals surface area contributed by atoms with Gasteiger partial charge in [-0.25, -0.2) is 0 Å². The smallest absolute Gasteiger partial charge is 0.283 e. The van der Waals surface area contributed by atoms with Crippen LogP contribution in [0.5, 0.6) is 11.5 Å². The number of aromatic hydroxyl groups is 2. The van der Waals surface area contributed by atoms with Gasteiger partial charge in [0.05, 0.1) is 5.02 Å². The zero-order chi connectivity index (χ0) is 21.6. The summed E-state index contributed by atoms with van der Waals surface area (Å²) in [5.41, 5.74) is -0.393. The van der Waals surface area contributed by atoms with Crippen molar-refractivity contribution in [1.82, 2.24) is 0 Å². The topological polar surface area (TPSA) is 94.8 Å². The van der Waals surface area contributed by atoms with Gasteiger partial charge in [0.2, 0.25) is 0 Å². The highest BCUT2D eigenvalue weighted by Gasteiger charge is 2.51. The van der Waals surface area contributed by atoms with Crippen LogP contribution in [0.15, 0.2) is 54.6 Å². The van der Waals surface area contributed by atoms with Gasteiger partial charge in [-0.05, 0) is 35.9 Å². The quantitative estimate of drug-likeness (QED) is 0.311. The Morgan fingerprint density at radius 1 is 0.793 bits per heavy atom. The molecular formula is C19H12Cl4O5S. The Kier molecular flexibility index (Phi) is 5.98. The van der Waals surface area contributed by atoms with Crippen molar-refractivity contribution in [2.75, 3.05) is 0 Å². The molecule has 29 heavy (non-hydrogen) atoms. The molecule has 0 heterocycles. The molecule has 1 unspecified atom stereocenters. The number of hydrogen-bond donors (Lipinski definition) is 3. The Bertz CT molecular complexity index is 1210. The van der Waals surface area contributed by atoms with E-state index in [1.54, 1.807) is 0 Å². The first-order chi connectivity index (χ1) is 13.5. The van der Waals surface area contributed by atoms with E-state index in [0.29, 0.717) is 0 Å². The summed E-state index contributed by atoms with van der Waals surface area (Å²) in [4.78, 5) is 0. The van der Waals surface area contributed by atoms with Gasteiger partial charge < -0.3 is 10.2 Å². The van der Waals surface area contributed by atoms with Gasteiger partial charge in [0.25, 0.3) is 10.1 Å². The molecule has 0 bridgehead atoms. The van der Waals surface area contributed by atoms with Crippen molar-refractivity contribution < 1.29 is 23.2 Å². The van der Waals surface area contributed by atoms with E-state index in [-0.39, 0.29) is 42.5 Å². The molecule has 0 fully saturated rings. The lowest BCUT2D eigenvalue weighted by atomic mass is 9.83. The molecule has 0 aromatic heterocycles. The summed E-state index contributed by atoms with van der Waals surface area (Å²) < 4.78 is 34.1. The predicted octanol–water partition coefficient (Wildman–Crippen LogP) is 5.89. The molecule has 0 spiro atoms. The Morgan fingerprint density at radius 3 is 2.07 bits per heavy atom. The fourth-order valence-corrected chi connectivity index (χ4v) is 5.61. The van der Waals surface area contributed by atoms with Crippen LogP contribution in [-0.4, -0.2) is 23.2 Å². The second-order valence-electron chi connectivity index (χ2n) is 6.12. The van der Waals surface area contributed by atoms with Gasteiger partial charge in [-0.15, -0.1) is 0 Å². The number of hydrogen-bond acceptors (Lipinski definition) is 4. The highest BCUT2D eigenvalue weighted by molar-refractivity contribution is 7.87. The third kappa shape index (κ3) is 3.77. The lowest BCUT2D eigenvalue weighted by Crippen LogP contribution is -2.39. The Balaban J connectivity index is 2.63. The molecule has 0 amide bonds. The van der Waals surface area contributed by atoms with Crippen molar-refractivity contribution in [1.29, 1.82) is 0 Å². The van der Waals surface area contributed by atoms with Crippen LogP contribution in [0.25, 0.3) is 0 Å². The van der Waals surface area contributed by atoms with E-state index in [1.807, 2.05) is 0 Å². The summed E-state index contributed by atoms with van der Waals surface area (Å²) in [7, 11) is -5.07. The van der Waals surface area contributed by atoms with Crippen LogP contribution in [-0.2, 0) is 14.9 Å². The van der Waals surface area contributed by atoms with E-state index >= 15 is 0 Å². The molecule has 0 aliphatic rings. The maximum atomic E-state index is 13.0. The molecule has 3 rings (SSSR count). The van der Waals surface area contributed by atoms with Crippen LogP contribution in [0.1, 0.15) is 16.7 Å². The minimum atomic E-state index is -5.07. The summed E-state index contributed by atoms with van der Waals surface area (Å²) in [6, 6.07) is 11.5. The first kappa shape index (κ1) is 22.0. The van der Waals surface area contributed by atoms with Crippen molar-refractivity contribution in [2.24, 2.45) is 0 Å². The van der Waals surface area contributed by atoms with Crippen molar-refractivity contribution in [3.8, 4) is 11.5 Å². The van der Waals surface area contributed by atoms with Crippen molar-refractivity contribution in [3.63, 3.8) is 0 Å². The molecular weight excluding hydrogens is 482 g/mol. The summed E-state index contributed by atoms with van der Waals surface area (Å²) in [6.45, 7) is 0. The lowest BCUT2D eigenvalue weighted by Gasteiger charge is -2.34. The summed E-state index contributed by atoms with van der Waals surface area (Å²) in [5, 5.41) is 19.5. The molecule has 0 radical (unpaired) electrons. The summed E-state index contributed by atoms with van der Waals surface area (Å²) >= 11 is 24.7. The maximum Gasteiger partial charge on any atom is 0.283 e. The van der Waals surface area contributed by atoms with E-state index in [9.17, 15) is 23.2 Å². The molecule has 3 N–H and O–H groups in total. The summed E-state index contributed by atoms with van der Waals surface area (Å²) in [6.07, 6.45) is 0. The van der Waals surface area contributed by atoms with E-state index < -0.39 is 20.6 Å². The fraction of sp³-hybridized carbons (Fsp3) is 0.0526. The zero-order valence-electron chi connectivity index (χ0n) is 14.3. The number of halogens is 4. The highest BCUT2D eigenvalue weighted by atomic mass is 35.5. The Hall–Kier alpha value is -1.67. The molecule has 0 aliphatic carbocycles. The van der Waals surface area contributed by atoms with Crippen molar-refractivity contribution in [2.45, 2.75) is 4.75 Å². The molecule has 3 aromatic rings. The largest absolute Gasteiger partial charge is 0.508 e. The molecule has 1 atom stereocenters. The van der Waals surface area contributed by atoms with Gasteiger partial charge in [0.1, 0.15) is 11.5 Å². The van der Waals surface area contributed by atoms with Crippen LogP contribution in [0, 0.1) is 0 Å². The number of rotatable bonds is 4. The van der Waals surface area contributed by atoms with Gasteiger partial charge >= 0.3 is 0 Å². The molecule has 5 nitrogen and oxygen atoms in total. The van der Waals surface area contributed by atoms with Crippen LogP contribution < -0.4 is 0 Å². The monoisotopic (exact) mass is 492 g/mol. The van der Waals surface area contributed by atoms with Crippen LogP contribution >= 0.6 is 46.4 Å². The van der Waals surface area contributed by atoms with Gasteiger partial charge in [0, 0.05) is 32.3 Å². The van der Waals surface area contributed by atoms with Crippen molar-refractivity contribution >= 4 is 56.5 Å². The average Bonchev–Trinajstić information content (AvgIpc) is 2.60. The van der Waals surface area contributed by atoms with E-state index in [4.69, 9.17) is 46.4 Å². The zero-order valence-corrected chi connectivity index (χ0v) is 18.1. The first-order valence-corrected chi connectivity index (χ1v) is 10.8. The van der Waals surface area contributed by atoms with Gasteiger partial charge in [-0.3, -0.25) is 4.55 Å². The third-order valence-corrected chi connectivity index (χ3v) is 6.96. The molecule has 0 saturated carbocycles. The molecule has 0 saturated heterocycles. The number of phenols is 2. The minimum Gasteiger partial charge on any atom is -0.508 e. The first-order valence-electron chi connectivity index (χ1n) is 7.89. The van der Waals surface area contributed by atoms with Crippen LogP contribution in [0.4, 0.5) is 0 Å². The second-order valence-corrected chi connectivity index (χ2v) is 9.34. The summed E-state index contributed by atoms with van der Waals surface area (Å²) in [5.74, 6) is -0.728. The Labute approximate surface area is 186 Å². The highest BCUT2D eigenvalue weighted by Crippen LogP contribution is 2.51. The van der Waals surface area contributed by atoms with E-state index in [2.05, 4.69) is 0 Å². The second kappa shape index (κ2) is 7.87. The SMILES string of the molecule is O=S(=O)(O)C(c1cccc(Cl)c1)(c1ccc(O)cc1Cl)c1cc(Cl)cc(O)c1Cl. The van der Waals surface area contributed by atoms with Crippen LogP contribution in [0.3, 0.4) is 0 Å². The molecule has 0 aliphatic heterocycles. The fourth-order valence-electron chi connectivity index (χ4n) is 3.21. The molecule has 10 heteroatoms. The normalized spacial score (nSPS) is 13.8. The Morgan fingerprint density at radius 2 is 1.48 bits per heavy atom. The van der Waals surface area contributed by atoms with E-state index in [1.165, 1.54) is 42.5 Å². The number of benzene rings is 3. The van der Waals surface area contributed by atoms with Gasteiger partial charge in [-0.1, -0.05) is 64.6 Å². The van der Waals surface area contributed by atoms with Crippen molar-refractivity contribution in [3.05, 3.63) is 91.4 Å². The minimum absolute atomic E-state index is 0.0105. The maximum absolute atomic E-state index is 13.0. The number of phenolic OH excluding ortho intramolecular Hbond substituents is 2. The van der Waals surface area contributed by atoms with Gasteiger partial charge in [-0.2, -0.15) is 8.42 Å². The molecule has 152 valence electrons. The predicted molar refractivity (Wildman–Crippen MR) is 114 cm³/mol. The standard InChI is InChI=1S/C19H12Cl4O5S/c20-11-3-1-2-10(6-11)19(29(26,27)28,14-5-4-13(24)9-16(14)22)15-7-12(21)8-17(25)18(15)23/h1-9,24-25H,(H,26,27,28). The third-order valence-electron chi connectivity index (χ3n) is 4.35. The average molecular weight is 494 g/mol.